The predicted octanol–water partition coefficient (Wildman–Crippen LogP) is 1.18. The normalized spacial score (nSPS) is 24.7. The van der Waals surface area contributed by atoms with Gasteiger partial charge in [-0.05, 0) is 56.6 Å². The van der Waals surface area contributed by atoms with Crippen LogP contribution in [0.3, 0.4) is 0 Å². The maximum Gasteiger partial charge on any atom is 0.412 e. The first-order valence-electron chi connectivity index (χ1n) is 5.89. The zero-order valence-corrected chi connectivity index (χ0v) is 13.1. The molecule has 1 fully saturated rings. The number of ether oxygens (including phenoxy) is 2. The molecule has 0 N–H and O–H groups in total. The van der Waals surface area contributed by atoms with Gasteiger partial charge < -0.3 is 9.47 Å². The molecule has 1 amide bonds. The molecule has 0 bridgehead atoms. The van der Waals surface area contributed by atoms with Crippen molar-refractivity contribution in [3.05, 3.63) is 0 Å². The molecule has 4 nitrogen and oxygen atoms in total. The Morgan fingerprint density at radius 2 is 2.06 bits per heavy atom. The second kappa shape index (κ2) is 4.53. The van der Waals surface area contributed by atoms with E-state index in [-0.39, 0.29) is 12.2 Å². The molecule has 1 rings (SSSR count). The largest absolute Gasteiger partial charge is 0.444 e. The smallest absolute Gasteiger partial charge is 0.412 e. The van der Waals surface area contributed by atoms with Crippen molar-refractivity contribution in [3.8, 4) is 0 Å². The van der Waals surface area contributed by atoms with E-state index in [1.807, 2.05) is 41.5 Å². The van der Waals surface area contributed by atoms with Crippen molar-refractivity contribution in [1.29, 1.82) is 0 Å². The molecule has 98 valence electrons. The van der Waals surface area contributed by atoms with Crippen LogP contribution in [0.5, 0.6) is 0 Å². The number of hydrogen-bond acceptors (Lipinski definition) is 3. The van der Waals surface area contributed by atoms with Gasteiger partial charge in [-0.25, -0.2) is 4.79 Å². The molecule has 0 aromatic heterocycles. The Labute approximate surface area is 106 Å². The minimum atomic E-state index is -0.619. The summed E-state index contributed by atoms with van der Waals surface area (Å²) >= 11 is 0. The van der Waals surface area contributed by atoms with Gasteiger partial charge in [0.1, 0.15) is 11.3 Å². The van der Waals surface area contributed by atoms with Crippen LogP contribution in [0.2, 0.25) is 0 Å². The molecule has 17 heavy (non-hydrogen) atoms. The SMILES string of the molecule is C[C@H]1OC(C)(C)N(C(=O)OC(C)(C)C)CC1=[SiH2]. The van der Waals surface area contributed by atoms with Crippen LogP contribution in [0.25, 0.3) is 0 Å². The van der Waals surface area contributed by atoms with Gasteiger partial charge in [0.2, 0.25) is 0 Å². The lowest BCUT2D eigenvalue weighted by Crippen LogP contribution is -2.60. The number of carbonyl (C=O) groups is 1. The van der Waals surface area contributed by atoms with Crippen molar-refractivity contribution < 1.29 is 14.3 Å². The Morgan fingerprint density at radius 1 is 1.53 bits per heavy atom. The second-order valence-corrected chi connectivity index (χ2v) is 6.84. The molecular formula is C12H23NO3Si. The van der Waals surface area contributed by atoms with Crippen molar-refractivity contribution in [1.82, 2.24) is 4.90 Å². The Bertz CT molecular complexity index is 333. The zero-order valence-electron chi connectivity index (χ0n) is 11.7. The molecule has 0 saturated carbocycles. The molecular weight excluding hydrogens is 234 g/mol. The van der Waals surface area contributed by atoms with Crippen molar-refractivity contribution in [2.75, 3.05) is 6.54 Å². The van der Waals surface area contributed by atoms with E-state index in [0.29, 0.717) is 6.54 Å². The fraction of sp³-hybridized carbons (Fsp3) is 0.833. The molecule has 5 heteroatoms. The lowest BCUT2D eigenvalue weighted by atomic mass is 10.1. The summed E-state index contributed by atoms with van der Waals surface area (Å²) in [6.07, 6.45) is -0.236. The summed E-state index contributed by atoms with van der Waals surface area (Å²) in [6.45, 7) is 12.0. The summed E-state index contributed by atoms with van der Waals surface area (Å²) in [5, 5.41) is 1.16. The molecule has 0 aliphatic carbocycles. The first-order valence-corrected chi connectivity index (χ1v) is 6.60. The fourth-order valence-electron chi connectivity index (χ4n) is 1.70. The topological polar surface area (TPSA) is 38.8 Å². The number of nitrogens with zero attached hydrogens (tertiary/aromatic N) is 1. The average molecular weight is 257 g/mol. The molecule has 1 aliphatic rings. The van der Waals surface area contributed by atoms with Crippen LogP contribution in [0, 0.1) is 0 Å². The van der Waals surface area contributed by atoms with Crippen LogP contribution in [-0.2, 0) is 9.47 Å². The molecule has 0 radical (unpaired) electrons. The van der Waals surface area contributed by atoms with Gasteiger partial charge in [-0.3, -0.25) is 4.90 Å². The van der Waals surface area contributed by atoms with Gasteiger partial charge in [0, 0.05) is 6.54 Å². The minimum Gasteiger partial charge on any atom is -0.444 e. The monoisotopic (exact) mass is 257 g/mol. The minimum absolute atomic E-state index is 0.0852. The third kappa shape index (κ3) is 3.64. The van der Waals surface area contributed by atoms with Crippen LogP contribution >= 0.6 is 0 Å². The quantitative estimate of drug-likeness (QED) is 0.612. The number of rotatable bonds is 0. The summed E-state index contributed by atoms with van der Waals surface area (Å²) in [5.41, 5.74) is -1.10. The van der Waals surface area contributed by atoms with Gasteiger partial charge in [-0.2, -0.15) is 0 Å². The lowest BCUT2D eigenvalue weighted by Gasteiger charge is -2.45. The maximum atomic E-state index is 12.1. The molecule has 0 unspecified atom stereocenters. The van der Waals surface area contributed by atoms with Crippen LogP contribution in [-0.4, -0.2) is 50.0 Å². The van der Waals surface area contributed by atoms with E-state index in [2.05, 4.69) is 0 Å². The fourth-order valence-corrected chi connectivity index (χ4v) is 2.01. The molecule has 1 heterocycles. The van der Waals surface area contributed by atoms with E-state index in [0.717, 1.165) is 5.17 Å². The Kier molecular flexibility index (Phi) is 3.83. The number of carbonyl (C=O) groups excluding carboxylic acids is 1. The summed E-state index contributed by atoms with van der Waals surface area (Å²) in [4.78, 5) is 13.7. The molecule has 1 saturated heterocycles. The third-order valence-electron chi connectivity index (χ3n) is 2.67. The highest BCUT2D eigenvalue weighted by atomic mass is 28.1. The van der Waals surface area contributed by atoms with Crippen molar-refractivity contribution in [2.45, 2.75) is 59.0 Å². The van der Waals surface area contributed by atoms with E-state index in [4.69, 9.17) is 9.47 Å². The second-order valence-electron chi connectivity index (χ2n) is 5.93. The summed E-state index contributed by atoms with van der Waals surface area (Å²) in [5.74, 6) is 0. The van der Waals surface area contributed by atoms with E-state index >= 15 is 0 Å². The van der Waals surface area contributed by atoms with Crippen LogP contribution in [0.15, 0.2) is 0 Å². The van der Waals surface area contributed by atoms with E-state index in [1.165, 1.54) is 0 Å². The highest BCUT2D eigenvalue weighted by Crippen LogP contribution is 2.25. The van der Waals surface area contributed by atoms with E-state index < -0.39 is 11.3 Å². The highest BCUT2D eigenvalue weighted by Gasteiger charge is 2.40. The van der Waals surface area contributed by atoms with Gasteiger partial charge in [0.15, 0.2) is 0 Å². The Hall–Kier alpha value is -0.683. The average Bonchev–Trinajstić information content (AvgIpc) is 2.07. The summed E-state index contributed by atoms with van der Waals surface area (Å²) in [6, 6.07) is 0. The number of amides is 1. The number of hydrogen-bond donors (Lipinski definition) is 0. The van der Waals surface area contributed by atoms with Crippen LogP contribution < -0.4 is 0 Å². The standard InChI is InChI=1S/C12H23NO3Si/c1-8-9(17)7-13(12(5,6)15-8)10(14)16-11(2,3)4/h8H,7,17H2,1-6H3/t8-/m1/s1. The van der Waals surface area contributed by atoms with Crippen LogP contribution in [0.1, 0.15) is 41.5 Å². The molecule has 0 spiro atoms. The molecule has 1 aliphatic heterocycles. The van der Waals surface area contributed by atoms with E-state index in [1.54, 1.807) is 14.8 Å². The zero-order chi connectivity index (χ0) is 13.4. The van der Waals surface area contributed by atoms with Gasteiger partial charge in [-0.1, -0.05) is 0 Å². The van der Waals surface area contributed by atoms with Crippen molar-refractivity contribution >= 4 is 21.1 Å². The molecule has 0 aromatic rings. The maximum absolute atomic E-state index is 12.1. The first-order chi connectivity index (χ1) is 7.53. The van der Waals surface area contributed by atoms with Gasteiger partial charge in [-0.15, -0.1) is 0 Å². The lowest BCUT2D eigenvalue weighted by molar-refractivity contribution is -0.146. The Morgan fingerprint density at radius 3 is 2.53 bits per heavy atom. The van der Waals surface area contributed by atoms with Crippen LogP contribution in [0.4, 0.5) is 4.79 Å². The highest BCUT2D eigenvalue weighted by molar-refractivity contribution is 6.40. The predicted molar refractivity (Wildman–Crippen MR) is 71.1 cm³/mol. The van der Waals surface area contributed by atoms with Crippen molar-refractivity contribution in [3.63, 3.8) is 0 Å². The third-order valence-corrected chi connectivity index (χ3v) is 3.46. The molecule has 1 atom stereocenters. The van der Waals surface area contributed by atoms with E-state index in [9.17, 15) is 4.79 Å². The summed E-state index contributed by atoms with van der Waals surface area (Å²) < 4.78 is 11.2. The molecule has 0 aromatic carbocycles. The first kappa shape index (κ1) is 14.4. The summed E-state index contributed by atoms with van der Waals surface area (Å²) in [7, 11) is 1.78. The van der Waals surface area contributed by atoms with Gasteiger partial charge in [0.05, 0.1) is 6.10 Å². The van der Waals surface area contributed by atoms with Crippen molar-refractivity contribution in [2.24, 2.45) is 0 Å². The van der Waals surface area contributed by atoms with Gasteiger partial charge >= 0.3 is 6.09 Å². The Balaban J connectivity index is 2.82. The van der Waals surface area contributed by atoms with Gasteiger partial charge in [0.25, 0.3) is 0 Å².